The van der Waals surface area contributed by atoms with Crippen molar-refractivity contribution in [3.63, 3.8) is 0 Å². The number of ether oxygens (including phenoxy) is 4. The van der Waals surface area contributed by atoms with Crippen LogP contribution in [0.25, 0.3) is 10.9 Å². The van der Waals surface area contributed by atoms with Crippen LogP contribution in [0.3, 0.4) is 0 Å². The number of aromatic nitrogens is 1. The molecule has 7 rings (SSSR count). The van der Waals surface area contributed by atoms with Gasteiger partial charge in [-0.05, 0) is 95.1 Å². The van der Waals surface area contributed by atoms with Gasteiger partial charge >= 0.3 is 0 Å². The number of anilines is 2. The third kappa shape index (κ3) is 7.08. The van der Waals surface area contributed by atoms with Crippen LogP contribution in [-0.2, 0) is 13.5 Å². The van der Waals surface area contributed by atoms with Gasteiger partial charge < -0.3 is 34.1 Å². The van der Waals surface area contributed by atoms with E-state index < -0.39 is 0 Å². The zero-order chi connectivity index (χ0) is 40.9. The third-order valence-corrected chi connectivity index (χ3v) is 12.3. The average molecular weight is 760 g/mol. The first-order valence-corrected chi connectivity index (χ1v) is 19.2. The van der Waals surface area contributed by atoms with Gasteiger partial charge in [0.15, 0.2) is 11.6 Å². The van der Waals surface area contributed by atoms with Crippen LogP contribution in [0.1, 0.15) is 84.0 Å². The van der Waals surface area contributed by atoms with Crippen molar-refractivity contribution in [1.82, 2.24) is 4.57 Å². The normalized spacial score (nSPS) is 20.0. The number of nitrogens with two attached hydrogens (primary N) is 1. The molecule has 0 saturated heterocycles. The molecule has 1 heterocycles. The Bertz CT molecular complexity index is 2290. The summed E-state index contributed by atoms with van der Waals surface area (Å²) < 4.78 is 23.7. The summed E-state index contributed by atoms with van der Waals surface area (Å²) in [4.78, 5) is 28.8. The molecular weight excluding hydrogens is 703 g/mol. The number of methoxy groups -OCH3 is 4. The second-order valence-corrected chi connectivity index (χ2v) is 16.5. The van der Waals surface area contributed by atoms with Crippen molar-refractivity contribution in [3.05, 3.63) is 107 Å². The SMILES string of the molecule is CCc1cc2cc(C3C(C(=O)c4cc(OC)ccc4OC)C3(C)C)ccc2n1C.COc1ccc(OC)c(C(=O)C2C(c3ccc(N(C)C)c(N)c3)C2(C)C)c1. The summed E-state index contributed by atoms with van der Waals surface area (Å²) in [6.45, 7) is 10.8. The maximum absolute atomic E-state index is 13.5. The van der Waals surface area contributed by atoms with E-state index in [1.165, 1.54) is 22.2 Å². The molecular formula is C47H57N3O6. The number of ketones is 2. The second-order valence-electron chi connectivity index (χ2n) is 16.5. The third-order valence-electron chi connectivity index (χ3n) is 12.3. The fourth-order valence-electron chi connectivity index (χ4n) is 8.98. The second kappa shape index (κ2) is 15.2. The summed E-state index contributed by atoms with van der Waals surface area (Å²) in [5.74, 6) is 2.82. The van der Waals surface area contributed by atoms with E-state index in [-0.39, 0.29) is 46.1 Å². The van der Waals surface area contributed by atoms with Crippen LogP contribution in [-0.4, -0.2) is 58.7 Å². The van der Waals surface area contributed by atoms with Crippen molar-refractivity contribution >= 4 is 33.8 Å². The molecule has 2 saturated carbocycles. The number of nitrogens with zero attached hydrogens (tertiary/aromatic N) is 2. The molecule has 4 unspecified atom stereocenters. The number of carbonyl (C=O) groups excluding carboxylic acids is 2. The van der Waals surface area contributed by atoms with Crippen LogP contribution in [0.4, 0.5) is 11.4 Å². The molecule has 4 aromatic carbocycles. The highest BCUT2D eigenvalue weighted by Gasteiger charge is 2.63. The number of aryl methyl sites for hydroxylation is 2. The Morgan fingerprint density at radius 2 is 1.16 bits per heavy atom. The first-order chi connectivity index (χ1) is 26.5. The van der Waals surface area contributed by atoms with Gasteiger partial charge in [-0.25, -0.2) is 0 Å². The van der Waals surface area contributed by atoms with Crippen LogP contribution in [0.5, 0.6) is 23.0 Å². The molecule has 2 aliphatic carbocycles. The Hall–Kier alpha value is -5.44. The summed E-state index contributed by atoms with van der Waals surface area (Å²) in [7, 11) is 12.4. The highest BCUT2D eigenvalue weighted by atomic mass is 16.5. The molecule has 0 spiro atoms. The summed E-state index contributed by atoms with van der Waals surface area (Å²) in [6, 6.07) is 25.7. The molecule has 0 amide bonds. The van der Waals surface area contributed by atoms with E-state index in [2.05, 4.69) is 76.6 Å². The number of hydrogen-bond acceptors (Lipinski definition) is 8. The van der Waals surface area contributed by atoms with Crippen LogP contribution < -0.4 is 29.6 Å². The number of rotatable bonds is 12. The number of carbonyl (C=O) groups is 2. The van der Waals surface area contributed by atoms with E-state index >= 15 is 0 Å². The molecule has 5 aromatic rings. The Morgan fingerprint density at radius 1 is 0.679 bits per heavy atom. The lowest BCUT2D eigenvalue weighted by Gasteiger charge is -2.16. The number of fused-ring (bicyclic) bond motifs is 1. The van der Waals surface area contributed by atoms with Gasteiger partial charge in [-0.2, -0.15) is 0 Å². The van der Waals surface area contributed by atoms with Gasteiger partial charge in [0.1, 0.15) is 23.0 Å². The van der Waals surface area contributed by atoms with E-state index in [1.807, 2.05) is 37.2 Å². The number of benzene rings is 4. The molecule has 2 aliphatic rings. The minimum atomic E-state index is -0.142. The van der Waals surface area contributed by atoms with Gasteiger partial charge in [-0.1, -0.05) is 46.8 Å². The highest BCUT2D eigenvalue weighted by molar-refractivity contribution is 6.05. The van der Waals surface area contributed by atoms with Crippen LogP contribution >= 0.6 is 0 Å². The summed E-state index contributed by atoms with van der Waals surface area (Å²) in [5.41, 5.74) is 13.8. The van der Waals surface area contributed by atoms with Gasteiger partial charge in [-0.15, -0.1) is 0 Å². The Balaban J connectivity index is 0.000000190. The lowest BCUT2D eigenvalue weighted by atomic mass is 10.0. The van der Waals surface area contributed by atoms with E-state index in [4.69, 9.17) is 24.7 Å². The van der Waals surface area contributed by atoms with Crippen LogP contribution in [0.15, 0.2) is 78.9 Å². The van der Waals surface area contributed by atoms with Crippen molar-refractivity contribution in [1.29, 1.82) is 0 Å². The van der Waals surface area contributed by atoms with Gasteiger partial charge in [0.2, 0.25) is 0 Å². The molecule has 9 heteroatoms. The maximum Gasteiger partial charge on any atom is 0.170 e. The predicted molar refractivity (Wildman–Crippen MR) is 225 cm³/mol. The molecule has 0 aliphatic heterocycles. The van der Waals surface area contributed by atoms with E-state index in [9.17, 15) is 9.59 Å². The smallest absolute Gasteiger partial charge is 0.170 e. The molecule has 0 radical (unpaired) electrons. The Kier molecular flexibility index (Phi) is 11.0. The zero-order valence-electron chi connectivity index (χ0n) is 34.9. The van der Waals surface area contributed by atoms with Crippen molar-refractivity contribution in [2.24, 2.45) is 29.7 Å². The van der Waals surface area contributed by atoms with Crippen molar-refractivity contribution in [2.45, 2.75) is 52.9 Å². The predicted octanol–water partition coefficient (Wildman–Crippen LogP) is 9.35. The minimum absolute atomic E-state index is 0.0738. The molecule has 296 valence electrons. The van der Waals surface area contributed by atoms with Gasteiger partial charge in [0.25, 0.3) is 0 Å². The molecule has 1 aromatic heterocycles. The topological polar surface area (TPSA) is 105 Å². The van der Waals surface area contributed by atoms with Crippen molar-refractivity contribution in [2.75, 3.05) is 53.2 Å². The standard InChI is InChI=1S/C25H29NO3.C22H28N2O3/c1-7-17-13-16-12-15(8-10-20(16)26(17)4)22-23(25(22,2)3)24(27)19-14-18(28-5)9-11-21(19)29-6;1-22(2)19(13-7-9-17(24(3)4)16(23)11-13)20(22)21(25)15-12-14(26-5)8-10-18(15)27-6/h8-14,22-23H,7H2,1-6H3;7-12,19-20H,23H2,1-6H3. The average Bonchev–Trinajstić information content (AvgIpc) is 3.93. The minimum Gasteiger partial charge on any atom is -0.497 e. The quantitative estimate of drug-likeness (QED) is 0.0992. The number of hydrogen-bond donors (Lipinski definition) is 1. The molecule has 9 nitrogen and oxygen atoms in total. The molecule has 2 fully saturated rings. The highest BCUT2D eigenvalue weighted by Crippen LogP contribution is 2.67. The van der Waals surface area contributed by atoms with Gasteiger partial charge in [0, 0.05) is 61.4 Å². The largest absolute Gasteiger partial charge is 0.497 e. The molecule has 2 N–H and O–H groups in total. The van der Waals surface area contributed by atoms with E-state index in [0.29, 0.717) is 34.1 Å². The van der Waals surface area contributed by atoms with E-state index in [0.717, 1.165) is 23.4 Å². The fraction of sp³-hybridized carbons (Fsp3) is 0.404. The summed E-state index contributed by atoms with van der Waals surface area (Å²) in [6.07, 6.45) is 1.01. The van der Waals surface area contributed by atoms with Crippen molar-refractivity contribution < 1.29 is 28.5 Å². The van der Waals surface area contributed by atoms with Crippen LogP contribution in [0, 0.1) is 22.7 Å². The first-order valence-electron chi connectivity index (χ1n) is 19.2. The first kappa shape index (κ1) is 40.2. The number of Topliss-reactive ketones (excluding diaryl/α,β-unsaturated/α-hetero) is 2. The van der Waals surface area contributed by atoms with Gasteiger partial charge in [-0.3, -0.25) is 9.59 Å². The van der Waals surface area contributed by atoms with E-state index in [1.54, 1.807) is 58.8 Å². The lowest BCUT2D eigenvalue weighted by molar-refractivity contribution is 0.0940. The Morgan fingerprint density at radius 3 is 1.59 bits per heavy atom. The zero-order valence-corrected chi connectivity index (χ0v) is 34.9. The number of nitrogen functional groups attached to an aromatic ring is 1. The fourth-order valence-corrected chi connectivity index (χ4v) is 8.98. The summed E-state index contributed by atoms with van der Waals surface area (Å²) >= 11 is 0. The van der Waals surface area contributed by atoms with Gasteiger partial charge in [0.05, 0.1) is 50.9 Å². The Labute approximate surface area is 331 Å². The van der Waals surface area contributed by atoms with Crippen LogP contribution in [0.2, 0.25) is 0 Å². The monoisotopic (exact) mass is 759 g/mol. The molecule has 56 heavy (non-hydrogen) atoms. The van der Waals surface area contributed by atoms with Crippen molar-refractivity contribution in [3.8, 4) is 23.0 Å². The molecule has 0 bridgehead atoms. The molecule has 4 atom stereocenters. The maximum atomic E-state index is 13.5. The lowest BCUT2D eigenvalue weighted by Crippen LogP contribution is -2.11. The summed E-state index contributed by atoms with van der Waals surface area (Å²) in [5, 5.41) is 1.25.